The first kappa shape index (κ1) is 14.9. The van der Waals surface area contributed by atoms with Crippen molar-refractivity contribution < 1.29 is 14.6 Å². The Balaban J connectivity index is 1.58. The number of likely N-dealkylation sites (tertiary alicyclic amines) is 1. The van der Waals surface area contributed by atoms with E-state index in [9.17, 15) is 5.11 Å². The maximum atomic E-state index is 10.5. The van der Waals surface area contributed by atoms with E-state index in [1.54, 1.807) is 0 Å². The van der Waals surface area contributed by atoms with Crippen LogP contribution in [0.1, 0.15) is 49.7 Å². The zero-order chi connectivity index (χ0) is 16.8. The predicted octanol–water partition coefficient (Wildman–Crippen LogP) is 3.00. The van der Waals surface area contributed by atoms with Gasteiger partial charge in [-0.2, -0.15) is 0 Å². The van der Waals surface area contributed by atoms with Crippen molar-refractivity contribution in [1.82, 2.24) is 4.90 Å². The lowest BCUT2D eigenvalue weighted by Crippen LogP contribution is -2.75. The normalized spacial score (nSPS) is 41.3. The molecule has 25 heavy (non-hydrogen) atoms. The molecule has 2 aliphatic heterocycles. The Labute approximate surface area is 149 Å². The van der Waals surface area contributed by atoms with Gasteiger partial charge in [0.05, 0.1) is 11.0 Å². The Morgan fingerprint density at radius 2 is 2.16 bits per heavy atom. The molecule has 2 bridgehead atoms. The summed E-state index contributed by atoms with van der Waals surface area (Å²) in [5.41, 5.74) is 2.46. The van der Waals surface area contributed by atoms with Gasteiger partial charge in [0.25, 0.3) is 0 Å². The van der Waals surface area contributed by atoms with Crippen LogP contribution in [-0.2, 0) is 16.6 Å². The summed E-state index contributed by atoms with van der Waals surface area (Å²) in [4.78, 5) is 2.74. The highest BCUT2D eigenvalue weighted by atomic mass is 16.5. The minimum Gasteiger partial charge on any atom is -0.504 e. The van der Waals surface area contributed by atoms with E-state index < -0.39 is 0 Å². The molecule has 4 atom stereocenters. The molecule has 0 amide bonds. The third-order valence-electron chi connectivity index (χ3n) is 7.99. The van der Waals surface area contributed by atoms with Crippen LogP contribution in [-0.4, -0.2) is 48.0 Å². The molecule has 1 spiro atoms. The van der Waals surface area contributed by atoms with Crippen molar-refractivity contribution in [2.45, 2.75) is 68.1 Å². The van der Waals surface area contributed by atoms with E-state index in [0.29, 0.717) is 11.8 Å². The lowest BCUT2D eigenvalue weighted by molar-refractivity contribution is -0.202. The molecular weight excluding hydrogens is 314 g/mol. The minimum atomic E-state index is -0.158. The fraction of sp³-hybridized carbons (Fsp3) is 0.714. The third kappa shape index (κ3) is 1.62. The number of rotatable bonds is 3. The standard InChI is InChI=1S/C21H27NO3/c1-24-21-8-2-3-17-20(21)9-10-22(12-13-4-5-13)16(21)11-14-6-7-15(23)19(25-17)18(14)20/h6-7,13,16-17,23H,2-5,8-12H2,1H3/t16-,17+,20-,21-/m1/s1. The van der Waals surface area contributed by atoms with E-state index in [4.69, 9.17) is 9.47 Å². The van der Waals surface area contributed by atoms with Gasteiger partial charge >= 0.3 is 0 Å². The maximum Gasteiger partial charge on any atom is 0.165 e. The van der Waals surface area contributed by atoms with E-state index in [1.807, 2.05) is 13.2 Å². The molecule has 4 nitrogen and oxygen atoms in total. The summed E-state index contributed by atoms with van der Waals surface area (Å²) in [7, 11) is 1.92. The lowest BCUT2D eigenvalue weighted by Gasteiger charge is -2.64. The molecular formula is C21H27NO3. The number of nitrogens with zero attached hydrogens (tertiary/aromatic N) is 1. The summed E-state index contributed by atoms with van der Waals surface area (Å²) in [6, 6.07) is 4.42. The quantitative estimate of drug-likeness (QED) is 0.918. The largest absolute Gasteiger partial charge is 0.504 e. The Hall–Kier alpha value is -1.26. The molecule has 1 aromatic carbocycles. The van der Waals surface area contributed by atoms with Gasteiger partial charge in [-0.05, 0) is 69.0 Å². The topological polar surface area (TPSA) is 41.9 Å². The van der Waals surface area contributed by atoms with Gasteiger partial charge in [0.1, 0.15) is 6.10 Å². The highest BCUT2D eigenvalue weighted by molar-refractivity contribution is 5.62. The number of phenols is 1. The molecule has 3 aliphatic carbocycles. The van der Waals surface area contributed by atoms with Crippen LogP contribution in [0.2, 0.25) is 0 Å². The monoisotopic (exact) mass is 341 g/mol. The summed E-state index contributed by atoms with van der Waals surface area (Å²) in [6.45, 7) is 2.37. The van der Waals surface area contributed by atoms with Crippen molar-refractivity contribution in [3.8, 4) is 11.5 Å². The summed E-state index contributed by atoms with van der Waals surface area (Å²) in [5.74, 6) is 1.98. The second kappa shape index (κ2) is 4.72. The molecule has 2 saturated carbocycles. The number of methoxy groups -OCH3 is 1. The van der Waals surface area contributed by atoms with E-state index in [1.165, 1.54) is 30.5 Å². The van der Waals surface area contributed by atoms with Gasteiger partial charge < -0.3 is 14.6 Å². The average molecular weight is 341 g/mol. The molecule has 2 heterocycles. The molecule has 4 heteroatoms. The molecule has 5 aliphatic rings. The fourth-order valence-corrected chi connectivity index (χ4v) is 6.86. The number of hydrogen-bond donors (Lipinski definition) is 1. The van der Waals surface area contributed by atoms with Gasteiger partial charge in [-0.3, -0.25) is 4.90 Å². The van der Waals surface area contributed by atoms with Crippen molar-refractivity contribution in [3.63, 3.8) is 0 Å². The Morgan fingerprint density at radius 3 is 2.96 bits per heavy atom. The van der Waals surface area contributed by atoms with Crippen LogP contribution in [0.3, 0.4) is 0 Å². The van der Waals surface area contributed by atoms with Gasteiger partial charge in [-0.15, -0.1) is 0 Å². The molecule has 0 unspecified atom stereocenters. The van der Waals surface area contributed by atoms with Crippen molar-refractivity contribution in [2.75, 3.05) is 20.2 Å². The van der Waals surface area contributed by atoms with E-state index in [0.717, 1.165) is 50.3 Å². The van der Waals surface area contributed by atoms with Gasteiger partial charge in [0.2, 0.25) is 0 Å². The molecule has 1 N–H and O–H groups in total. The van der Waals surface area contributed by atoms with E-state index >= 15 is 0 Å². The van der Waals surface area contributed by atoms with Crippen LogP contribution < -0.4 is 4.74 Å². The zero-order valence-electron chi connectivity index (χ0n) is 15.0. The fourth-order valence-electron chi connectivity index (χ4n) is 6.86. The van der Waals surface area contributed by atoms with Gasteiger partial charge in [0, 0.05) is 25.3 Å². The van der Waals surface area contributed by atoms with Crippen LogP contribution >= 0.6 is 0 Å². The molecule has 1 saturated heterocycles. The third-order valence-corrected chi connectivity index (χ3v) is 7.99. The van der Waals surface area contributed by atoms with Crippen LogP contribution in [0.25, 0.3) is 0 Å². The van der Waals surface area contributed by atoms with Crippen LogP contribution in [0.4, 0.5) is 0 Å². The number of aromatic hydroxyl groups is 1. The smallest absolute Gasteiger partial charge is 0.165 e. The van der Waals surface area contributed by atoms with Crippen molar-refractivity contribution >= 4 is 0 Å². The zero-order valence-corrected chi connectivity index (χ0v) is 15.0. The maximum absolute atomic E-state index is 10.5. The molecule has 0 radical (unpaired) electrons. The summed E-state index contributed by atoms with van der Waals surface area (Å²) in [5, 5.41) is 10.5. The highest BCUT2D eigenvalue weighted by Gasteiger charge is 2.72. The SMILES string of the molecule is CO[C@@]12CCC[C@@H]3Oc4c(O)ccc5c4[C@@]31CCN(CC1CC1)[C@@H]2C5. The molecule has 0 aromatic heterocycles. The van der Waals surface area contributed by atoms with Crippen LogP contribution in [0.5, 0.6) is 11.5 Å². The van der Waals surface area contributed by atoms with Crippen molar-refractivity contribution in [1.29, 1.82) is 0 Å². The van der Waals surface area contributed by atoms with Gasteiger partial charge in [-0.25, -0.2) is 0 Å². The summed E-state index contributed by atoms with van der Waals surface area (Å²) in [6.07, 6.45) is 8.42. The predicted molar refractivity (Wildman–Crippen MR) is 94.2 cm³/mol. The van der Waals surface area contributed by atoms with Gasteiger partial charge in [-0.1, -0.05) is 6.07 Å². The van der Waals surface area contributed by atoms with Crippen LogP contribution in [0.15, 0.2) is 12.1 Å². The van der Waals surface area contributed by atoms with E-state index in [-0.39, 0.29) is 17.1 Å². The van der Waals surface area contributed by atoms with Crippen molar-refractivity contribution in [3.05, 3.63) is 23.3 Å². The molecule has 1 aromatic rings. The summed E-state index contributed by atoms with van der Waals surface area (Å²) < 4.78 is 12.9. The Morgan fingerprint density at radius 1 is 1.28 bits per heavy atom. The first-order valence-corrected chi connectivity index (χ1v) is 10.0. The molecule has 134 valence electrons. The van der Waals surface area contributed by atoms with Crippen molar-refractivity contribution in [2.24, 2.45) is 5.92 Å². The minimum absolute atomic E-state index is 0.0631. The second-order valence-corrected chi connectivity index (χ2v) is 8.92. The number of hydrogen-bond acceptors (Lipinski definition) is 4. The second-order valence-electron chi connectivity index (χ2n) is 8.92. The molecule has 3 fully saturated rings. The summed E-state index contributed by atoms with van der Waals surface area (Å²) >= 11 is 0. The Kier molecular flexibility index (Phi) is 2.80. The van der Waals surface area contributed by atoms with Gasteiger partial charge in [0.15, 0.2) is 11.5 Å². The number of benzene rings is 1. The number of phenolic OH excluding ortho intramolecular Hbond substituents is 1. The van der Waals surface area contributed by atoms with E-state index in [2.05, 4.69) is 11.0 Å². The molecule has 6 rings (SSSR count). The number of ether oxygens (including phenoxy) is 2. The highest BCUT2D eigenvalue weighted by Crippen LogP contribution is 2.66. The average Bonchev–Trinajstić information content (AvgIpc) is 3.37. The Bertz CT molecular complexity index is 745. The first-order valence-electron chi connectivity index (χ1n) is 10.0. The van der Waals surface area contributed by atoms with Crippen LogP contribution in [0, 0.1) is 5.92 Å². The number of piperidine rings is 1. The lowest BCUT2D eigenvalue weighted by atomic mass is 9.49. The first-order chi connectivity index (χ1) is 12.2.